The number of nitrogens with one attached hydrogen (secondary N) is 2. The van der Waals surface area contributed by atoms with Gasteiger partial charge >= 0.3 is 6.03 Å². The molecule has 1 aliphatic heterocycles. The molecule has 5 heteroatoms. The summed E-state index contributed by atoms with van der Waals surface area (Å²) in [6.07, 6.45) is 2.60. The molecule has 3 N–H and O–H groups in total. The van der Waals surface area contributed by atoms with E-state index in [-0.39, 0.29) is 12.1 Å². The van der Waals surface area contributed by atoms with Crippen molar-refractivity contribution in [2.45, 2.75) is 45.3 Å². The second-order valence-electron chi connectivity index (χ2n) is 6.92. The van der Waals surface area contributed by atoms with E-state index in [1.165, 1.54) is 18.4 Å². The molecule has 0 aliphatic carbocycles. The lowest BCUT2D eigenvalue weighted by Crippen LogP contribution is -2.44. The monoisotopic (exact) mass is 333 g/mol. The van der Waals surface area contributed by atoms with Crippen molar-refractivity contribution in [1.29, 1.82) is 0 Å². The average molecular weight is 333 g/mol. The average Bonchev–Trinajstić information content (AvgIpc) is 2.57. The molecule has 1 fully saturated rings. The Kier molecular flexibility index (Phi) is 7.53. The number of aliphatic hydroxyl groups excluding tert-OH is 1. The number of carbonyl (C=O) groups is 1. The van der Waals surface area contributed by atoms with Crippen LogP contribution < -0.4 is 10.6 Å². The SMILES string of the molecule is CC(O)CCNC(=O)NCC(c1ccccc1)N1CCC(C)CC1. The number of aliphatic hydroxyl groups is 1. The van der Waals surface area contributed by atoms with Crippen LogP contribution in [0.4, 0.5) is 4.79 Å². The summed E-state index contributed by atoms with van der Waals surface area (Å²) in [5, 5.41) is 15.0. The lowest BCUT2D eigenvalue weighted by molar-refractivity contribution is 0.136. The Morgan fingerprint density at radius 3 is 2.54 bits per heavy atom. The number of urea groups is 1. The molecule has 1 aromatic carbocycles. The lowest BCUT2D eigenvalue weighted by Gasteiger charge is -2.37. The van der Waals surface area contributed by atoms with Gasteiger partial charge in [-0.05, 0) is 50.8 Å². The van der Waals surface area contributed by atoms with Crippen LogP contribution in [0, 0.1) is 5.92 Å². The van der Waals surface area contributed by atoms with Crippen LogP contribution >= 0.6 is 0 Å². The molecule has 0 spiro atoms. The molecule has 2 rings (SSSR count). The van der Waals surface area contributed by atoms with Crippen LogP contribution in [0.15, 0.2) is 30.3 Å². The highest BCUT2D eigenvalue weighted by Crippen LogP contribution is 2.26. The van der Waals surface area contributed by atoms with E-state index in [1.807, 2.05) is 6.07 Å². The van der Waals surface area contributed by atoms with E-state index in [1.54, 1.807) is 6.92 Å². The molecule has 0 bridgehead atoms. The van der Waals surface area contributed by atoms with Gasteiger partial charge in [0.25, 0.3) is 0 Å². The van der Waals surface area contributed by atoms with E-state index in [9.17, 15) is 9.90 Å². The topological polar surface area (TPSA) is 64.6 Å². The van der Waals surface area contributed by atoms with Crippen molar-refractivity contribution in [2.24, 2.45) is 5.92 Å². The van der Waals surface area contributed by atoms with Crippen LogP contribution in [0.2, 0.25) is 0 Å². The van der Waals surface area contributed by atoms with Crippen molar-refractivity contribution in [2.75, 3.05) is 26.2 Å². The number of likely N-dealkylation sites (tertiary alicyclic amines) is 1. The maximum absolute atomic E-state index is 12.0. The molecule has 1 saturated heterocycles. The quantitative estimate of drug-likeness (QED) is 0.718. The van der Waals surface area contributed by atoms with Crippen LogP contribution in [-0.4, -0.2) is 48.3 Å². The van der Waals surface area contributed by atoms with E-state index in [4.69, 9.17) is 0 Å². The van der Waals surface area contributed by atoms with Crippen molar-refractivity contribution < 1.29 is 9.90 Å². The molecule has 1 heterocycles. The van der Waals surface area contributed by atoms with Crippen LogP contribution in [-0.2, 0) is 0 Å². The van der Waals surface area contributed by atoms with Crippen molar-refractivity contribution in [1.82, 2.24) is 15.5 Å². The first-order valence-corrected chi connectivity index (χ1v) is 9.05. The largest absolute Gasteiger partial charge is 0.393 e. The minimum absolute atomic E-state index is 0.165. The van der Waals surface area contributed by atoms with Gasteiger partial charge in [0.2, 0.25) is 0 Å². The van der Waals surface area contributed by atoms with Gasteiger partial charge in [0.1, 0.15) is 0 Å². The zero-order valence-electron chi connectivity index (χ0n) is 14.9. The predicted molar refractivity (Wildman–Crippen MR) is 96.9 cm³/mol. The van der Waals surface area contributed by atoms with Gasteiger partial charge in [-0.1, -0.05) is 37.3 Å². The van der Waals surface area contributed by atoms with E-state index in [0.717, 1.165) is 19.0 Å². The Balaban J connectivity index is 1.90. The maximum Gasteiger partial charge on any atom is 0.314 e. The number of rotatable bonds is 7. The number of hydrogen-bond donors (Lipinski definition) is 3. The second-order valence-corrected chi connectivity index (χ2v) is 6.92. The molecule has 0 radical (unpaired) electrons. The zero-order valence-corrected chi connectivity index (χ0v) is 14.9. The number of amides is 2. The van der Waals surface area contributed by atoms with Crippen LogP contribution in [0.3, 0.4) is 0 Å². The van der Waals surface area contributed by atoms with Gasteiger partial charge < -0.3 is 15.7 Å². The van der Waals surface area contributed by atoms with Gasteiger partial charge in [0.05, 0.1) is 12.1 Å². The Hall–Kier alpha value is -1.59. The molecule has 2 atom stereocenters. The highest BCUT2D eigenvalue weighted by atomic mass is 16.3. The van der Waals surface area contributed by atoms with Gasteiger partial charge in [-0.25, -0.2) is 4.79 Å². The Morgan fingerprint density at radius 1 is 1.25 bits per heavy atom. The highest BCUT2D eigenvalue weighted by molar-refractivity contribution is 5.73. The van der Waals surface area contributed by atoms with Crippen molar-refractivity contribution in [3.05, 3.63) is 35.9 Å². The van der Waals surface area contributed by atoms with Gasteiger partial charge in [0, 0.05) is 13.1 Å². The fraction of sp³-hybridized carbons (Fsp3) is 0.632. The van der Waals surface area contributed by atoms with Crippen LogP contribution in [0.1, 0.15) is 44.7 Å². The van der Waals surface area contributed by atoms with Crippen molar-refractivity contribution in [3.8, 4) is 0 Å². The molecule has 1 aliphatic rings. The minimum atomic E-state index is -0.391. The Morgan fingerprint density at radius 2 is 1.92 bits per heavy atom. The van der Waals surface area contributed by atoms with Crippen LogP contribution in [0.25, 0.3) is 0 Å². The standard InChI is InChI=1S/C19H31N3O2/c1-15-9-12-22(13-10-15)18(17-6-4-3-5-7-17)14-21-19(24)20-11-8-16(2)23/h3-7,15-16,18,23H,8-14H2,1-2H3,(H2,20,21,24). The first-order valence-electron chi connectivity index (χ1n) is 9.05. The molecular formula is C19H31N3O2. The molecule has 0 saturated carbocycles. The third-order valence-electron chi connectivity index (χ3n) is 4.75. The van der Waals surface area contributed by atoms with E-state index in [2.05, 4.69) is 46.7 Å². The van der Waals surface area contributed by atoms with Crippen molar-refractivity contribution in [3.63, 3.8) is 0 Å². The van der Waals surface area contributed by atoms with Gasteiger partial charge in [0.15, 0.2) is 0 Å². The molecule has 1 aromatic rings. The molecule has 2 amide bonds. The fourth-order valence-electron chi connectivity index (χ4n) is 3.12. The zero-order chi connectivity index (χ0) is 17.4. The molecule has 24 heavy (non-hydrogen) atoms. The third kappa shape index (κ3) is 6.13. The number of benzene rings is 1. The number of nitrogens with zero attached hydrogens (tertiary/aromatic N) is 1. The summed E-state index contributed by atoms with van der Waals surface area (Å²) in [5.41, 5.74) is 1.25. The Labute approximate surface area is 145 Å². The van der Waals surface area contributed by atoms with E-state index in [0.29, 0.717) is 19.5 Å². The minimum Gasteiger partial charge on any atom is -0.393 e. The van der Waals surface area contributed by atoms with E-state index < -0.39 is 6.10 Å². The highest BCUT2D eigenvalue weighted by Gasteiger charge is 2.24. The maximum atomic E-state index is 12.0. The smallest absolute Gasteiger partial charge is 0.314 e. The van der Waals surface area contributed by atoms with Crippen molar-refractivity contribution >= 4 is 6.03 Å². The van der Waals surface area contributed by atoms with Gasteiger partial charge in [-0.3, -0.25) is 4.90 Å². The normalized spacial score (nSPS) is 18.8. The molecule has 134 valence electrons. The first-order chi connectivity index (χ1) is 11.6. The summed E-state index contributed by atoms with van der Waals surface area (Å²) in [5.74, 6) is 0.786. The lowest BCUT2D eigenvalue weighted by atomic mass is 9.96. The molecule has 2 unspecified atom stereocenters. The first kappa shape index (κ1) is 18.7. The molecule has 0 aromatic heterocycles. The summed E-state index contributed by atoms with van der Waals surface area (Å²) >= 11 is 0. The molecule has 5 nitrogen and oxygen atoms in total. The third-order valence-corrected chi connectivity index (χ3v) is 4.75. The summed E-state index contributed by atoms with van der Waals surface area (Å²) in [6, 6.07) is 10.4. The summed E-state index contributed by atoms with van der Waals surface area (Å²) in [7, 11) is 0. The number of carbonyl (C=O) groups excluding carboxylic acids is 1. The summed E-state index contributed by atoms with van der Waals surface area (Å²) in [4.78, 5) is 14.5. The summed E-state index contributed by atoms with van der Waals surface area (Å²) in [6.45, 7) is 7.27. The fourth-order valence-corrected chi connectivity index (χ4v) is 3.12. The number of hydrogen-bond acceptors (Lipinski definition) is 3. The van der Waals surface area contributed by atoms with Gasteiger partial charge in [-0.15, -0.1) is 0 Å². The predicted octanol–water partition coefficient (Wildman–Crippen LogP) is 2.53. The summed E-state index contributed by atoms with van der Waals surface area (Å²) < 4.78 is 0. The Bertz CT molecular complexity index is 485. The van der Waals surface area contributed by atoms with E-state index >= 15 is 0 Å². The molecular weight excluding hydrogens is 302 g/mol. The van der Waals surface area contributed by atoms with Crippen LogP contribution in [0.5, 0.6) is 0 Å². The number of piperidine rings is 1. The second kappa shape index (κ2) is 9.64. The van der Waals surface area contributed by atoms with Gasteiger partial charge in [-0.2, -0.15) is 0 Å².